The maximum atomic E-state index is 12.1. The molecule has 0 aromatic heterocycles. The molecule has 1 fully saturated rings. The quantitative estimate of drug-likeness (QED) is 0.586. The number of benzene rings is 1. The highest BCUT2D eigenvalue weighted by atomic mass is 32.2. The van der Waals surface area contributed by atoms with Crippen molar-refractivity contribution in [3.63, 3.8) is 0 Å². The van der Waals surface area contributed by atoms with Gasteiger partial charge in [-0.2, -0.15) is 0 Å². The average Bonchev–Trinajstić information content (AvgIpc) is 2.83. The first-order chi connectivity index (χ1) is 10.7. The van der Waals surface area contributed by atoms with E-state index in [0.29, 0.717) is 24.8 Å². The minimum atomic E-state index is -3.60. The standard InChI is InChI=1S/C15H21NO5S2/c1-12(17)14-4-6-15(7-5-14)23(20,21)16-9-2-3-13-8-10-22(18,19)11-13/h4-7,13,16H,2-3,8-11H2,1H3. The van der Waals surface area contributed by atoms with Gasteiger partial charge in [-0.05, 0) is 44.2 Å². The normalized spacial score (nSPS) is 20.5. The molecule has 0 aliphatic carbocycles. The summed E-state index contributed by atoms with van der Waals surface area (Å²) < 4.78 is 49.5. The molecular formula is C15H21NO5S2. The van der Waals surface area contributed by atoms with Gasteiger partial charge in [-0.25, -0.2) is 21.6 Å². The molecule has 1 atom stereocenters. The van der Waals surface area contributed by atoms with Crippen LogP contribution in [0.3, 0.4) is 0 Å². The Bertz CT molecular complexity index is 767. The van der Waals surface area contributed by atoms with Gasteiger partial charge in [-0.15, -0.1) is 0 Å². The summed E-state index contributed by atoms with van der Waals surface area (Å²) in [5.41, 5.74) is 0.464. The number of rotatable bonds is 7. The fraction of sp³-hybridized carbons (Fsp3) is 0.533. The summed E-state index contributed by atoms with van der Waals surface area (Å²) in [6.45, 7) is 1.69. The number of sulfone groups is 1. The Balaban J connectivity index is 1.83. The van der Waals surface area contributed by atoms with E-state index in [4.69, 9.17) is 0 Å². The van der Waals surface area contributed by atoms with Crippen LogP contribution in [0.2, 0.25) is 0 Å². The molecule has 1 N–H and O–H groups in total. The van der Waals surface area contributed by atoms with E-state index in [2.05, 4.69) is 4.72 Å². The van der Waals surface area contributed by atoms with Gasteiger partial charge in [0, 0.05) is 12.1 Å². The lowest BCUT2D eigenvalue weighted by Gasteiger charge is -2.09. The van der Waals surface area contributed by atoms with E-state index in [9.17, 15) is 21.6 Å². The van der Waals surface area contributed by atoms with Gasteiger partial charge in [0.15, 0.2) is 15.6 Å². The lowest BCUT2D eigenvalue weighted by molar-refractivity contribution is 0.101. The number of carbonyl (C=O) groups excluding carboxylic acids is 1. The van der Waals surface area contributed by atoms with Crippen molar-refractivity contribution < 1.29 is 21.6 Å². The molecule has 0 amide bonds. The van der Waals surface area contributed by atoms with E-state index in [1.165, 1.54) is 31.2 Å². The third-order valence-electron chi connectivity index (χ3n) is 3.98. The van der Waals surface area contributed by atoms with Crippen LogP contribution in [0.1, 0.15) is 36.5 Å². The molecule has 1 aromatic rings. The van der Waals surface area contributed by atoms with E-state index >= 15 is 0 Å². The summed E-state index contributed by atoms with van der Waals surface area (Å²) >= 11 is 0. The summed E-state index contributed by atoms with van der Waals surface area (Å²) in [5, 5.41) is 0. The maximum Gasteiger partial charge on any atom is 0.240 e. The van der Waals surface area contributed by atoms with Crippen molar-refractivity contribution >= 4 is 25.6 Å². The van der Waals surface area contributed by atoms with E-state index in [1.54, 1.807) is 0 Å². The van der Waals surface area contributed by atoms with E-state index in [0.717, 1.165) is 0 Å². The Hall–Kier alpha value is -1.25. The minimum Gasteiger partial charge on any atom is -0.295 e. The van der Waals surface area contributed by atoms with E-state index in [1.807, 2.05) is 0 Å². The molecule has 1 aliphatic rings. The van der Waals surface area contributed by atoms with Gasteiger partial charge in [-0.1, -0.05) is 12.1 Å². The van der Waals surface area contributed by atoms with Gasteiger partial charge in [-0.3, -0.25) is 4.79 Å². The molecule has 6 nitrogen and oxygen atoms in total. The van der Waals surface area contributed by atoms with Crippen molar-refractivity contribution in [2.45, 2.75) is 31.1 Å². The second kappa shape index (κ2) is 7.11. The monoisotopic (exact) mass is 359 g/mol. The molecule has 1 aromatic carbocycles. The number of carbonyl (C=O) groups is 1. The van der Waals surface area contributed by atoms with Gasteiger partial charge >= 0.3 is 0 Å². The van der Waals surface area contributed by atoms with Crippen molar-refractivity contribution in [2.75, 3.05) is 18.1 Å². The smallest absolute Gasteiger partial charge is 0.240 e. The molecule has 2 rings (SSSR count). The molecular weight excluding hydrogens is 338 g/mol. The average molecular weight is 359 g/mol. The van der Waals surface area contributed by atoms with Crippen molar-refractivity contribution in [1.29, 1.82) is 0 Å². The van der Waals surface area contributed by atoms with Crippen molar-refractivity contribution in [3.05, 3.63) is 29.8 Å². The third kappa shape index (κ3) is 5.12. The zero-order valence-corrected chi connectivity index (χ0v) is 14.6. The van der Waals surface area contributed by atoms with E-state index in [-0.39, 0.29) is 34.6 Å². The zero-order valence-electron chi connectivity index (χ0n) is 13.0. The molecule has 0 spiro atoms. The molecule has 1 heterocycles. The first-order valence-electron chi connectivity index (χ1n) is 7.51. The number of hydrogen-bond acceptors (Lipinski definition) is 5. The minimum absolute atomic E-state index is 0.117. The highest BCUT2D eigenvalue weighted by Crippen LogP contribution is 2.22. The molecule has 1 aliphatic heterocycles. The van der Waals surface area contributed by atoms with Crippen LogP contribution in [0.4, 0.5) is 0 Å². The summed E-state index contributed by atoms with van der Waals surface area (Å²) in [5.74, 6) is 0.478. The molecule has 1 unspecified atom stereocenters. The molecule has 0 bridgehead atoms. The Kier molecular flexibility index (Phi) is 5.59. The fourth-order valence-electron chi connectivity index (χ4n) is 2.65. The number of sulfonamides is 1. The Morgan fingerprint density at radius 2 is 1.91 bits per heavy atom. The molecule has 8 heteroatoms. The second-order valence-electron chi connectivity index (χ2n) is 5.89. The summed E-state index contributed by atoms with van der Waals surface area (Å²) in [7, 11) is -6.48. The van der Waals surface area contributed by atoms with Crippen LogP contribution in [-0.2, 0) is 19.9 Å². The van der Waals surface area contributed by atoms with Gasteiger partial charge in [0.05, 0.1) is 16.4 Å². The maximum absolute atomic E-state index is 12.1. The first-order valence-corrected chi connectivity index (χ1v) is 10.8. The first kappa shape index (κ1) is 18.1. The molecule has 0 saturated carbocycles. The number of ketones is 1. The van der Waals surface area contributed by atoms with Crippen LogP contribution in [-0.4, -0.2) is 40.7 Å². The van der Waals surface area contributed by atoms with Crippen molar-refractivity contribution in [1.82, 2.24) is 4.72 Å². The molecule has 1 saturated heterocycles. The molecule has 128 valence electrons. The SMILES string of the molecule is CC(=O)c1ccc(S(=O)(=O)NCCCC2CCS(=O)(=O)C2)cc1. The lowest BCUT2D eigenvalue weighted by atomic mass is 10.0. The van der Waals surface area contributed by atoms with Crippen LogP contribution in [0, 0.1) is 5.92 Å². The van der Waals surface area contributed by atoms with Crippen molar-refractivity contribution in [2.24, 2.45) is 5.92 Å². The Morgan fingerprint density at radius 3 is 2.43 bits per heavy atom. The van der Waals surface area contributed by atoms with E-state index < -0.39 is 19.9 Å². The lowest BCUT2D eigenvalue weighted by Crippen LogP contribution is -2.25. The number of hydrogen-bond donors (Lipinski definition) is 1. The van der Waals surface area contributed by atoms with Gasteiger partial charge in [0.25, 0.3) is 0 Å². The summed E-state index contributed by atoms with van der Waals surface area (Å²) in [6, 6.07) is 5.78. The topological polar surface area (TPSA) is 97.4 Å². The highest BCUT2D eigenvalue weighted by Gasteiger charge is 2.27. The van der Waals surface area contributed by atoms with Gasteiger partial charge in [0.1, 0.15) is 0 Å². The number of nitrogens with one attached hydrogen (secondary N) is 1. The Morgan fingerprint density at radius 1 is 1.26 bits per heavy atom. The fourth-order valence-corrected chi connectivity index (χ4v) is 5.63. The highest BCUT2D eigenvalue weighted by molar-refractivity contribution is 7.91. The predicted molar refractivity (Wildman–Crippen MR) is 87.6 cm³/mol. The van der Waals surface area contributed by atoms with Gasteiger partial charge in [0.2, 0.25) is 10.0 Å². The largest absolute Gasteiger partial charge is 0.295 e. The van der Waals surface area contributed by atoms with Crippen LogP contribution >= 0.6 is 0 Å². The number of Topliss-reactive ketones (excluding diaryl/α,β-unsaturated/α-hetero) is 1. The summed E-state index contributed by atoms with van der Waals surface area (Å²) in [6.07, 6.45) is 1.97. The summed E-state index contributed by atoms with van der Waals surface area (Å²) in [4.78, 5) is 11.3. The molecule has 0 radical (unpaired) electrons. The predicted octanol–water partition coefficient (Wildman–Crippen LogP) is 1.38. The third-order valence-corrected chi connectivity index (χ3v) is 7.29. The zero-order chi connectivity index (χ0) is 17.1. The Labute approximate surface area is 137 Å². The molecule has 23 heavy (non-hydrogen) atoms. The van der Waals surface area contributed by atoms with Crippen molar-refractivity contribution in [3.8, 4) is 0 Å². The van der Waals surface area contributed by atoms with Gasteiger partial charge < -0.3 is 0 Å². The van der Waals surface area contributed by atoms with Crippen LogP contribution in [0.15, 0.2) is 29.2 Å². The van der Waals surface area contributed by atoms with Crippen LogP contribution in [0.25, 0.3) is 0 Å². The van der Waals surface area contributed by atoms with Crippen LogP contribution < -0.4 is 4.72 Å². The second-order valence-corrected chi connectivity index (χ2v) is 9.89. The van der Waals surface area contributed by atoms with Crippen LogP contribution in [0.5, 0.6) is 0 Å².